The number of alkyl halides is 3. The Bertz CT molecular complexity index is 869. The van der Waals surface area contributed by atoms with E-state index in [4.69, 9.17) is 9.26 Å². The molecule has 0 aromatic carbocycles. The zero-order valence-electron chi connectivity index (χ0n) is 15.2. The van der Waals surface area contributed by atoms with Crippen LogP contribution in [0.3, 0.4) is 0 Å². The summed E-state index contributed by atoms with van der Waals surface area (Å²) in [7, 11) is 0. The molecule has 3 rings (SSSR count). The standard InChI is InChI=1S/C10H15N3O5.C6H4F3NO/c1-2-17-9(16)8-11-10(12-18-8)13-4-3-6(14)7(15)5-13;7-6(8,9)4-2-1-3-5(11)10-4/h6-7,14-15H,2-5H2,1H3;1-3H,(H,10,11). The number of carbonyl (C=O) groups excluding carboxylic acids is 1. The fourth-order valence-corrected chi connectivity index (χ4v) is 2.33. The molecule has 2 aromatic rings. The number of hydrogen-bond acceptors (Lipinski definition) is 9. The molecule has 0 radical (unpaired) electrons. The largest absolute Gasteiger partial charge is 0.459 e. The predicted octanol–water partition coefficient (Wildman–Crippen LogP) is 0.572. The summed E-state index contributed by atoms with van der Waals surface area (Å²) < 4.78 is 44.9. The molecule has 2 atom stereocenters. The lowest BCUT2D eigenvalue weighted by atomic mass is 10.1. The smallest absolute Gasteiger partial charge is 0.431 e. The van der Waals surface area contributed by atoms with E-state index < -0.39 is 35.6 Å². The highest BCUT2D eigenvalue weighted by molar-refractivity contribution is 5.84. The Morgan fingerprint density at radius 2 is 2.10 bits per heavy atom. The van der Waals surface area contributed by atoms with Crippen molar-refractivity contribution in [2.24, 2.45) is 0 Å². The Kier molecular flexibility index (Phi) is 7.34. The fraction of sp³-hybridized carbons (Fsp3) is 0.500. The number of piperidine rings is 1. The molecule has 29 heavy (non-hydrogen) atoms. The number of carbonyl (C=O) groups is 1. The molecule has 0 amide bonds. The van der Waals surface area contributed by atoms with Crippen LogP contribution in [-0.4, -0.2) is 63.2 Å². The van der Waals surface area contributed by atoms with Crippen LogP contribution < -0.4 is 10.5 Å². The Hall–Kier alpha value is -2.93. The van der Waals surface area contributed by atoms with Gasteiger partial charge in [-0.2, -0.15) is 18.2 Å². The number of pyridine rings is 1. The summed E-state index contributed by atoms with van der Waals surface area (Å²) in [5.74, 6) is -0.676. The van der Waals surface area contributed by atoms with E-state index in [0.29, 0.717) is 13.0 Å². The fourth-order valence-electron chi connectivity index (χ4n) is 2.33. The van der Waals surface area contributed by atoms with Crippen LogP contribution in [0.1, 0.15) is 29.7 Å². The van der Waals surface area contributed by atoms with E-state index in [9.17, 15) is 33.0 Å². The first-order chi connectivity index (χ1) is 13.6. The number of ether oxygens (including phenoxy) is 1. The van der Waals surface area contributed by atoms with Gasteiger partial charge in [-0.15, -0.1) is 0 Å². The van der Waals surface area contributed by atoms with Crippen molar-refractivity contribution in [3.8, 4) is 0 Å². The predicted molar refractivity (Wildman–Crippen MR) is 91.2 cm³/mol. The van der Waals surface area contributed by atoms with Crippen molar-refractivity contribution in [1.29, 1.82) is 0 Å². The number of aromatic amines is 1. The molecule has 160 valence electrons. The summed E-state index contributed by atoms with van der Waals surface area (Å²) in [4.78, 5) is 28.9. The number of nitrogens with zero attached hydrogens (tertiary/aromatic N) is 3. The van der Waals surface area contributed by atoms with Crippen LogP contribution >= 0.6 is 0 Å². The lowest BCUT2D eigenvalue weighted by Crippen LogP contribution is -2.47. The van der Waals surface area contributed by atoms with Gasteiger partial charge in [0.25, 0.3) is 5.95 Å². The van der Waals surface area contributed by atoms with Gasteiger partial charge in [0.05, 0.1) is 18.8 Å². The SMILES string of the molecule is CCOC(=O)c1nc(N2CCC(O)C(O)C2)no1.O=c1cccc(C(F)(F)F)[nH]1. The van der Waals surface area contributed by atoms with Crippen molar-refractivity contribution in [3.05, 3.63) is 40.1 Å². The van der Waals surface area contributed by atoms with Crippen LogP contribution in [0.5, 0.6) is 0 Å². The van der Waals surface area contributed by atoms with Gasteiger partial charge in [-0.3, -0.25) is 4.79 Å². The Morgan fingerprint density at radius 3 is 2.66 bits per heavy atom. The molecule has 3 N–H and O–H groups in total. The Balaban J connectivity index is 0.000000234. The van der Waals surface area contributed by atoms with Crippen molar-refractivity contribution in [1.82, 2.24) is 15.1 Å². The molecular weight excluding hydrogens is 401 g/mol. The van der Waals surface area contributed by atoms with Crippen molar-refractivity contribution >= 4 is 11.9 Å². The second-order valence-corrected chi connectivity index (χ2v) is 5.92. The maximum Gasteiger partial charge on any atom is 0.431 e. The number of aliphatic hydroxyl groups excluding tert-OH is 2. The van der Waals surface area contributed by atoms with Crippen LogP contribution in [0.4, 0.5) is 19.1 Å². The van der Waals surface area contributed by atoms with Crippen LogP contribution in [0.25, 0.3) is 0 Å². The van der Waals surface area contributed by atoms with Gasteiger partial charge in [0, 0.05) is 19.2 Å². The Morgan fingerprint density at radius 1 is 1.38 bits per heavy atom. The van der Waals surface area contributed by atoms with E-state index in [-0.39, 0.29) is 25.0 Å². The van der Waals surface area contributed by atoms with Gasteiger partial charge in [0.2, 0.25) is 5.56 Å². The van der Waals surface area contributed by atoms with Crippen molar-refractivity contribution in [2.45, 2.75) is 31.7 Å². The highest BCUT2D eigenvalue weighted by Gasteiger charge is 2.31. The van der Waals surface area contributed by atoms with E-state index in [1.165, 1.54) is 0 Å². The van der Waals surface area contributed by atoms with Gasteiger partial charge >= 0.3 is 18.0 Å². The molecule has 1 aliphatic heterocycles. The highest BCUT2D eigenvalue weighted by Crippen LogP contribution is 2.25. The van der Waals surface area contributed by atoms with Gasteiger partial charge in [-0.05, 0) is 24.6 Å². The molecule has 0 bridgehead atoms. The summed E-state index contributed by atoms with van der Waals surface area (Å²) >= 11 is 0. The minimum absolute atomic E-state index is 0.197. The van der Waals surface area contributed by atoms with Gasteiger partial charge < -0.3 is 29.4 Å². The molecule has 1 aliphatic rings. The van der Waals surface area contributed by atoms with E-state index >= 15 is 0 Å². The number of rotatable bonds is 3. The minimum Gasteiger partial charge on any atom is -0.459 e. The molecule has 2 aromatic heterocycles. The minimum atomic E-state index is -4.47. The van der Waals surface area contributed by atoms with Gasteiger partial charge in [0.1, 0.15) is 5.69 Å². The summed E-state index contributed by atoms with van der Waals surface area (Å²) in [5, 5.41) is 22.6. The maximum absolute atomic E-state index is 11.8. The quantitative estimate of drug-likeness (QED) is 0.608. The lowest BCUT2D eigenvalue weighted by molar-refractivity contribution is -0.141. The third-order valence-corrected chi connectivity index (χ3v) is 3.77. The number of hydrogen-bond donors (Lipinski definition) is 3. The number of aromatic nitrogens is 3. The number of H-pyrrole nitrogens is 1. The molecule has 3 heterocycles. The number of aliphatic hydroxyl groups is 2. The van der Waals surface area contributed by atoms with Crippen LogP contribution in [-0.2, 0) is 10.9 Å². The first-order valence-electron chi connectivity index (χ1n) is 8.50. The van der Waals surface area contributed by atoms with E-state index in [1.54, 1.807) is 16.8 Å². The van der Waals surface area contributed by atoms with Crippen molar-refractivity contribution < 1.29 is 37.4 Å². The summed E-state index contributed by atoms with van der Waals surface area (Å²) in [5.41, 5.74) is -1.77. The van der Waals surface area contributed by atoms with Gasteiger partial charge in [-0.1, -0.05) is 6.07 Å². The molecule has 1 fully saturated rings. The number of halogens is 3. The number of esters is 1. The first kappa shape index (κ1) is 22.4. The second-order valence-electron chi connectivity index (χ2n) is 5.92. The monoisotopic (exact) mass is 420 g/mol. The summed E-state index contributed by atoms with van der Waals surface area (Å²) in [6.45, 7) is 2.59. The van der Waals surface area contributed by atoms with Gasteiger partial charge in [-0.25, -0.2) is 4.79 Å². The van der Waals surface area contributed by atoms with E-state index in [0.717, 1.165) is 18.2 Å². The lowest BCUT2D eigenvalue weighted by Gasteiger charge is -2.32. The molecule has 1 saturated heterocycles. The molecule has 2 unspecified atom stereocenters. The number of nitrogens with one attached hydrogen (secondary N) is 1. The van der Waals surface area contributed by atoms with Crippen LogP contribution in [0.15, 0.2) is 27.5 Å². The van der Waals surface area contributed by atoms with Crippen molar-refractivity contribution in [3.63, 3.8) is 0 Å². The molecule has 0 spiro atoms. The topological polar surface area (TPSA) is 142 Å². The third-order valence-electron chi connectivity index (χ3n) is 3.77. The molecule has 0 saturated carbocycles. The summed E-state index contributed by atoms with van der Waals surface area (Å²) in [6, 6.07) is 2.89. The second kappa shape index (κ2) is 9.52. The Labute approximate surface area is 161 Å². The number of anilines is 1. The zero-order chi connectivity index (χ0) is 21.6. The highest BCUT2D eigenvalue weighted by atomic mass is 19.4. The summed E-state index contributed by atoms with van der Waals surface area (Å²) in [6.07, 6.45) is -5.66. The molecule has 10 nitrogen and oxygen atoms in total. The van der Waals surface area contributed by atoms with Crippen molar-refractivity contribution in [2.75, 3.05) is 24.6 Å². The third kappa shape index (κ3) is 6.29. The van der Waals surface area contributed by atoms with E-state index in [1.807, 2.05) is 0 Å². The van der Waals surface area contributed by atoms with E-state index in [2.05, 4.69) is 10.1 Å². The van der Waals surface area contributed by atoms with Crippen LogP contribution in [0.2, 0.25) is 0 Å². The molecule has 13 heteroatoms. The average molecular weight is 420 g/mol. The zero-order valence-corrected chi connectivity index (χ0v) is 15.2. The first-order valence-corrected chi connectivity index (χ1v) is 8.50. The average Bonchev–Trinajstić information content (AvgIpc) is 3.14. The van der Waals surface area contributed by atoms with Crippen LogP contribution in [0, 0.1) is 0 Å². The normalized spacial score (nSPS) is 19.3. The number of β-amino-alcohol motifs (C(OH)–C–C–N with tert-alkyl or cyclic N) is 1. The van der Waals surface area contributed by atoms with Gasteiger partial charge in [0.15, 0.2) is 0 Å². The maximum atomic E-state index is 11.8. The molecular formula is C16H19F3N4O6. The molecule has 0 aliphatic carbocycles.